The largest absolute Gasteiger partial charge is 0.341 e. The number of nitrogens with one attached hydrogen (secondary N) is 2. The molecule has 1 saturated heterocycles. The van der Waals surface area contributed by atoms with E-state index < -0.39 is 5.54 Å². The molecule has 0 aromatic heterocycles. The summed E-state index contributed by atoms with van der Waals surface area (Å²) >= 11 is 0. The Bertz CT molecular complexity index is 226. The lowest BCUT2D eigenvalue weighted by atomic mass is 9.93. The molecule has 0 aromatic rings. The molecule has 1 fully saturated rings. The van der Waals surface area contributed by atoms with E-state index >= 15 is 0 Å². The maximum Gasteiger partial charge on any atom is 0.241 e. The van der Waals surface area contributed by atoms with Gasteiger partial charge in [-0.15, -0.1) is 0 Å². The quantitative estimate of drug-likeness (QED) is 0.609. The molecule has 4 nitrogen and oxygen atoms in total. The smallest absolute Gasteiger partial charge is 0.241 e. The van der Waals surface area contributed by atoms with Gasteiger partial charge in [0.1, 0.15) is 6.54 Å². The van der Waals surface area contributed by atoms with E-state index in [0.717, 1.165) is 25.8 Å². The highest BCUT2D eigenvalue weighted by molar-refractivity contribution is 5.86. The fraction of sp³-hybridized carbons (Fsp3) is 0.778. The van der Waals surface area contributed by atoms with Crippen molar-refractivity contribution in [3.8, 4) is 6.07 Å². The molecule has 2 N–H and O–H groups in total. The summed E-state index contributed by atoms with van der Waals surface area (Å²) in [6, 6.07) is 1.90. The van der Waals surface area contributed by atoms with Crippen LogP contribution in [-0.2, 0) is 4.79 Å². The highest BCUT2D eigenvalue weighted by Gasteiger charge is 2.38. The molecular formula is C9H15N3O. The van der Waals surface area contributed by atoms with Crippen molar-refractivity contribution in [1.29, 1.82) is 5.26 Å². The van der Waals surface area contributed by atoms with Crippen LogP contribution < -0.4 is 10.6 Å². The topological polar surface area (TPSA) is 64.9 Å². The monoisotopic (exact) mass is 181 g/mol. The van der Waals surface area contributed by atoms with Gasteiger partial charge in [-0.25, -0.2) is 0 Å². The molecule has 0 radical (unpaired) electrons. The molecule has 1 aliphatic rings. The van der Waals surface area contributed by atoms with Crippen LogP contribution in [0.15, 0.2) is 0 Å². The summed E-state index contributed by atoms with van der Waals surface area (Å²) in [5.74, 6) is -0.0333. The van der Waals surface area contributed by atoms with Crippen molar-refractivity contribution in [3.63, 3.8) is 0 Å². The summed E-state index contributed by atoms with van der Waals surface area (Å²) < 4.78 is 0. The van der Waals surface area contributed by atoms with Crippen LogP contribution in [0.3, 0.4) is 0 Å². The SMILES string of the molecule is CCC1(C(=O)NCC#N)CCCN1. The predicted octanol–water partition coefficient (Wildman–Crippen LogP) is 0.158. The first-order valence-electron chi connectivity index (χ1n) is 4.65. The molecule has 1 aliphatic heterocycles. The van der Waals surface area contributed by atoms with Crippen LogP contribution in [-0.4, -0.2) is 24.5 Å². The van der Waals surface area contributed by atoms with E-state index in [9.17, 15) is 4.79 Å². The van der Waals surface area contributed by atoms with E-state index in [1.54, 1.807) is 0 Å². The molecule has 1 heterocycles. The van der Waals surface area contributed by atoms with Gasteiger partial charge in [-0.1, -0.05) is 6.92 Å². The standard InChI is InChI=1S/C9H15N3O/c1-2-9(4-3-6-12-9)8(13)11-7-5-10/h12H,2-4,6-7H2,1H3,(H,11,13). The summed E-state index contributed by atoms with van der Waals surface area (Å²) in [6.07, 6.45) is 2.69. The van der Waals surface area contributed by atoms with Gasteiger partial charge in [-0.05, 0) is 25.8 Å². The van der Waals surface area contributed by atoms with Crippen LogP contribution in [0.2, 0.25) is 0 Å². The van der Waals surface area contributed by atoms with Crippen molar-refractivity contribution in [2.75, 3.05) is 13.1 Å². The van der Waals surface area contributed by atoms with Crippen LogP contribution in [0.1, 0.15) is 26.2 Å². The summed E-state index contributed by atoms with van der Waals surface area (Å²) in [4.78, 5) is 11.6. The average molecular weight is 181 g/mol. The predicted molar refractivity (Wildman–Crippen MR) is 48.9 cm³/mol. The maximum absolute atomic E-state index is 11.6. The van der Waals surface area contributed by atoms with E-state index in [1.165, 1.54) is 0 Å². The third kappa shape index (κ3) is 1.99. The van der Waals surface area contributed by atoms with Gasteiger partial charge in [0.15, 0.2) is 0 Å². The van der Waals surface area contributed by atoms with Crippen molar-refractivity contribution in [1.82, 2.24) is 10.6 Å². The lowest BCUT2D eigenvalue weighted by Crippen LogP contribution is -2.53. The molecule has 4 heteroatoms. The lowest BCUT2D eigenvalue weighted by Gasteiger charge is -2.25. The Morgan fingerprint density at radius 3 is 3.00 bits per heavy atom. The van der Waals surface area contributed by atoms with Crippen LogP contribution >= 0.6 is 0 Å². The third-order valence-electron chi connectivity index (χ3n) is 2.61. The number of carbonyl (C=O) groups excluding carboxylic acids is 1. The van der Waals surface area contributed by atoms with Crippen molar-refractivity contribution in [3.05, 3.63) is 0 Å². The van der Waals surface area contributed by atoms with Gasteiger partial charge in [0, 0.05) is 0 Å². The number of nitrogens with zero attached hydrogens (tertiary/aromatic N) is 1. The second kappa shape index (κ2) is 4.24. The van der Waals surface area contributed by atoms with Crippen LogP contribution in [0.5, 0.6) is 0 Å². The minimum absolute atomic E-state index is 0.0333. The maximum atomic E-state index is 11.6. The van der Waals surface area contributed by atoms with Crippen molar-refractivity contribution in [2.45, 2.75) is 31.7 Å². The van der Waals surface area contributed by atoms with Gasteiger partial charge >= 0.3 is 0 Å². The van der Waals surface area contributed by atoms with Crippen LogP contribution in [0.4, 0.5) is 0 Å². The van der Waals surface area contributed by atoms with Crippen molar-refractivity contribution >= 4 is 5.91 Å². The van der Waals surface area contributed by atoms with Crippen molar-refractivity contribution in [2.24, 2.45) is 0 Å². The summed E-state index contributed by atoms with van der Waals surface area (Å²) in [6.45, 7) is 2.99. The fourth-order valence-corrected chi connectivity index (χ4v) is 1.75. The minimum atomic E-state index is -0.406. The van der Waals surface area contributed by atoms with Crippen LogP contribution in [0, 0.1) is 11.3 Å². The van der Waals surface area contributed by atoms with Gasteiger partial charge in [-0.2, -0.15) is 5.26 Å². The molecule has 0 aliphatic carbocycles. The van der Waals surface area contributed by atoms with Gasteiger partial charge in [0.25, 0.3) is 0 Å². The highest BCUT2D eigenvalue weighted by atomic mass is 16.2. The molecular weight excluding hydrogens is 166 g/mol. The lowest BCUT2D eigenvalue weighted by molar-refractivity contribution is -0.127. The Morgan fingerprint density at radius 2 is 2.54 bits per heavy atom. The highest BCUT2D eigenvalue weighted by Crippen LogP contribution is 2.22. The first kappa shape index (κ1) is 10.0. The zero-order valence-corrected chi connectivity index (χ0v) is 7.89. The summed E-state index contributed by atoms with van der Waals surface area (Å²) in [5.41, 5.74) is -0.406. The molecule has 0 spiro atoms. The Hall–Kier alpha value is -1.08. The average Bonchev–Trinajstić information content (AvgIpc) is 2.63. The van der Waals surface area contributed by atoms with Gasteiger partial charge in [-0.3, -0.25) is 4.79 Å². The normalized spacial score (nSPS) is 26.8. The molecule has 13 heavy (non-hydrogen) atoms. The number of amides is 1. The first-order valence-corrected chi connectivity index (χ1v) is 4.65. The molecule has 1 atom stereocenters. The molecule has 72 valence electrons. The zero-order chi connectivity index (χ0) is 9.73. The minimum Gasteiger partial charge on any atom is -0.341 e. The number of hydrogen-bond donors (Lipinski definition) is 2. The molecule has 0 aromatic carbocycles. The number of nitriles is 1. The second-order valence-electron chi connectivity index (χ2n) is 3.31. The molecule has 1 unspecified atom stereocenters. The van der Waals surface area contributed by atoms with E-state index in [1.807, 2.05) is 13.0 Å². The van der Waals surface area contributed by atoms with E-state index in [4.69, 9.17) is 5.26 Å². The van der Waals surface area contributed by atoms with Gasteiger partial charge < -0.3 is 10.6 Å². The number of carbonyl (C=O) groups is 1. The van der Waals surface area contributed by atoms with Gasteiger partial charge in [0.2, 0.25) is 5.91 Å². The Kier molecular flexibility index (Phi) is 3.26. The fourth-order valence-electron chi connectivity index (χ4n) is 1.75. The number of rotatable bonds is 3. The molecule has 0 saturated carbocycles. The van der Waals surface area contributed by atoms with E-state index in [2.05, 4.69) is 10.6 Å². The number of hydrogen-bond acceptors (Lipinski definition) is 3. The first-order chi connectivity index (χ1) is 6.25. The van der Waals surface area contributed by atoms with Gasteiger partial charge in [0.05, 0.1) is 11.6 Å². The Morgan fingerprint density at radius 1 is 1.77 bits per heavy atom. The second-order valence-corrected chi connectivity index (χ2v) is 3.31. The third-order valence-corrected chi connectivity index (χ3v) is 2.61. The zero-order valence-electron chi connectivity index (χ0n) is 7.89. The summed E-state index contributed by atoms with van der Waals surface area (Å²) in [5, 5.41) is 14.1. The summed E-state index contributed by atoms with van der Waals surface area (Å²) in [7, 11) is 0. The Balaban J connectivity index is 2.55. The molecule has 0 bridgehead atoms. The Labute approximate surface area is 78.3 Å². The van der Waals surface area contributed by atoms with Crippen LogP contribution in [0.25, 0.3) is 0 Å². The van der Waals surface area contributed by atoms with E-state index in [-0.39, 0.29) is 12.5 Å². The molecule has 1 amide bonds. The van der Waals surface area contributed by atoms with Crippen molar-refractivity contribution < 1.29 is 4.79 Å². The van der Waals surface area contributed by atoms with E-state index in [0.29, 0.717) is 0 Å². The molecule has 1 rings (SSSR count).